The standard InChI is InChI=1S/C15H12ClFN2O/c1-7-3-8(2)14(18)9(4-7)15-19-12-5-10(16)11(17)6-13(12)20-15/h3-6H,18H2,1-2H3. The maximum absolute atomic E-state index is 13.4. The van der Waals surface area contributed by atoms with E-state index >= 15 is 0 Å². The van der Waals surface area contributed by atoms with Gasteiger partial charge in [0.2, 0.25) is 5.89 Å². The van der Waals surface area contributed by atoms with Gasteiger partial charge in [-0.25, -0.2) is 9.37 Å². The molecule has 0 radical (unpaired) electrons. The van der Waals surface area contributed by atoms with Gasteiger partial charge in [-0.05, 0) is 37.1 Å². The van der Waals surface area contributed by atoms with Crippen molar-refractivity contribution >= 4 is 28.4 Å². The molecule has 3 nitrogen and oxygen atoms in total. The van der Waals surface area contributed by atoms with E-state index in [4.69, 9.17) is 21.8 Å². The molecule has 1 heterocycles. The van der Waals surface area contributed by atoms with Crippen LogP contribution in [0.3, 0.4) is 0 Å². The molecule has 0 saturated carbocycles. The third-order valence-corrected chi connectivity index (χ3v) is 3.48. The SMILES string of the molecule is Cc1cc(C)c(N)c(-c2nc3cc(Cl)c(F)cc3o2)c1. The van der Waals surface area contributed by atoms with Crippen LogP contribution in [0.25, 0.3) is 22.6 Å². The monoisotopic (exact) mass is 290 g/mol. The fourth-order valence-corrected chi connectivity index (χ4v) is 2.35. The van der Waals surface area contributed by atoms with E-state index in [0.717, 1.165) is 11.1 Å². The van der Waals surface area contributed by atoms with Gasteiger partial charge in [-0.2, -0.15) is 0 Å². The Kier molecular flexibility index (Phi) is 2.91. The van der Waals surface area contributed by atoms with Crippen molar-refractivity contribution < 1.29 is 8.81 Å². The Morgan fingerprint density at radius 2 is 1.95 bits per heavy atom. The lowest BCUT2D eigenvalue weighted by Gasteiger charge is -2.06. The first kappa shape index (κ1) is 12.9. The van der Waals surface area contributed by atoms with Crippen molar-refractivity contribution in [3.63, 3.8) is 0 Å². The van der Waals surface area contributed by atoms with Crippen LogP contribution >= 0.6 is 11.6 Å². The van der Waals surface area contributed by atoms with E-state index in [9.17, 15) is 4.39 Å². The molecule has 0 bridgehead atoms. The molecule has 3 rings (SSSR count). The Hall–Kier alpha value is -2.07. The first-order valence-corrected chi connectivity index (χ1v) is 6.46. The van der Waals surface area contributed by atoms with Crippen molar-refractivity contribution in [2.24, 2.45) is 0 Å². The summed E-state index contributed by atoms with van der Waals surface area (Å²) in [6, 6.07) is 6.55. The molecule has 0 aliphatic heterocycles. The molecule has 3 aromatic rings. The summed E-state index contributed by atoms with van der Waals surface area (Å²) < 4.78 is 19.0. The highest BCUT2D eigenvalue weighted by molar-refractivity contribution is 6.31. The van der Waals surface area contributed by atoms with Gasteiger partial charge in [0.15, 0.2) is 5.58 Å². The number of anilines is 1. The summed E-state index contributed by atoms with van der Waals surface area (Å²) in [4.78, 5) is 4.33. The van der Waals surface area contributed by atoms with Gasteiger partial charge in [0.05, 0.1) is 10.6 Å². The normalized spacial score (nSPS) is 11.2. The largest absolute Gasteiger partial charge is 0.436 e. The molecule has 0 fully saturated rings. The van der Waals surface area contributed by atoms with Crippen LogP contribution in [0.15, 0.2) is 28.7 Å². The third kappa shape index (κ3) is 2.02. The molecule has 20 heavy (non-hydrogen) atoms. The predicted octanol–water partition coefficient (Wildman–Crippen LogP) is 4.49. The van der Waals surface area contributed by atoms with Crippen LogP contribution in [0.5, 0.6) is 0 Å². The zero-order chi connectivity index (χ0) is 14.4. The predicted molar refractivity (Wildman–Crippen MR) is 78.3 cm³/mol. The van der Waals surface area contributed by atoms with E-state index in [2.05, 4.69) is 4.98 Å². The van der Waals surface area contributed by atoms with Crippen LogP contribution in [0.4, 0.5) is 10.1 Å². The fourth-order valence-electron chi connectivity index (χ4n) is 2.19. The molecular weight excluding hydrogens is 279 g/mol. The minimum atomic E-state index is -0.532. The van der Waals surface area contributed by atoms with Crippen molar-refractivity contribution in [2.45, 2.75) is 13.8 Å². The smallest absolute Gasteiger partial charge is 0.229 e. The zero-order valence-electron chi connectivity index (χ0n) is 11.0. The number of nitrogens with two attached hydrogens (primary N) is 1. The summed E-state index contributed by atoms with van der Waals surface area (Å²) in [6.07, 6.45) is 0. The number of hydrogen-bond acceptors (Lipinski definition) is 3. The van der Waals surface area contributed by atoms with E-state index < -0.39 is 5.82 Å². The Morgan fingerprint density at radius 1 is 1.20 bits per heavy atom. The molecule has 0 atom stereocenters. The fraction of sp³-hybridized carbons (Fsp3) is 0.133. The van der Waals surface area contributed by atoms with Gasteiger partial charge < -0.3 is 10.2 Å². The van der Waals surface area contributed by atoms with Gasteiger partial charge >= 0.3 is 0 Å². The molecule has 0 aliphatic carbocycles. The first-order valence-electron chi connectivity index (χ1n) is 6.08. The maximum Gasteiger partial charge on any atom is 0.229 e. The number of rotatable bonds is 1. The molecular formula is C15H12ClFN2O. The van der Waals surface area contributed by atoms with Gasteiger partial charge in [-0.15, -0.1) is 0 Å². The molecule has 1 aromatic heterocycles. The minimum absolute atomic E-state index is 0.0192. The lowest BCUT2D eigenvalue weighted by atomic mass is 10.0. The number of halogens is 2. The van der Waals surface area contributed by atoms with E-state index in [0.29, 0.717) is 28.2 Å². The maximum atomic E-state index is 13.4. The second-order valence-corrected chi connectivity index (χ2v) is 5.20. The number of benzene rings is 2. The van der Waals surface area contributed by atoms with Gasteiger partial charge in [0.25, 0.3) is 0 Å². The average Bonchev–Trinajstić information content (AvgIpc) is 2.77. The summed E-state index contributed by atoms with van der Waals surface area (Å²) >= 11 is 5.74. The lowest BCUT2D eigenvalue weighted by molar-refractivity contribution is 0.602. The van der Waals surface area contributed by atoms with E-state index in [1.807, 2.05) is 26.0 Å². The summed E-state index contributed by atoms with van der Waals surface area (Å²) in [5.41, 5.74) is 10.2. The minimum Gasteiger partial charge on any atom is -0.436 e. The Labute approximate surface area is 120 Å². The quantitative estimate of drug-likeness (QED) is 0.672. The number of oxazole rings is 1. The van der Waals surface area contributed by atoms with E-state index in [-0.39, 0.29) is 5.02 Å². The van der Waals surface area contributed by atoms with Crippen molar-refractivity contribution in [3.05, 3.63) is 46.2 Å². The van der Waals surface area contributed by atoms with Gasteiger partial charge in [-0.3, -0.25) is 0 Å². The summed E-state index contributed by atoms with van der Waals surface area (Å²) in [5, 5.41) is 0.0192. The van der Waals surface area contributed by atoms with Crippen molar-refractivity contribution in [1.82, 2.24) is 4.98 Å². The summed E-state index contributed by atoms with van der Waals surface area (Å²) in [7, 11) is 0. The van der Waals surface area contributed by atoms with Crippen LogP contribution in [0.2, 0.25) is 5.02 Å². The van der Waals surface area contributed by atoms with Gasteiger partial charge in [-0.1, -0.05) is 17.7 Å². The molecule has 2 aromatic carbocycles. The molecule has 102 valence electrons. The highest BCUT2D eigenvalue weighted by atomic mass is 35.5. The Morgan fingerprint density at radius 3 is 2.70 bits per heavy atom. The number of fused-ring (bicyclic) bond motifs is 1. The average molecular weight is 291 g/mol. The summed E-state index contributed by atoms with van der Waals surface area (Å²) in [5.74, 6) is -0.166. The summed E-state index contributed by atoms with van der Waals surface area (Å²) in [6.45, 7) is 3.89. The van der Waals surface area contributed by atoms with Crippen molar-refractivity contribution in [3.8, 4) is 11.5 Å². The van der Waals surface area contributed by atoms with E-state index in [1.165, 1.54) is 12.1 Å². The zero-order valence-corrected chi connectivity index (χ0v) is 11.8. The topological polar surface area (TPSA) is 52.0 Å². The molecule has 0 amide bonds. The van der Waals surface area contributed by atoms with Crippen LogP contribution in [0, 0.1) is 19.7 Å². The lowest BCUT2D eigenvalue weighted by Crippen LogP contribution is -1.95. The molecule has 5 heteroatoms. The Balaban J connectivity index is 2.25. The second-order valence-electron chi connectivity index (χ2n) is 4.80. The number of nitrogens with zero attached hydrogens (tertiary/aromatic N) is 1. The third-order valence-electron chi connectivity index (χ3n) is 3.19. The number of aryl methyl sites for hydroxylation is 2. The van der Waals surface area contributed by atoms with Crippen LogP contribution < -0.4 is 5.73 Å². The first-order chi connectivity index (χ1) is 9.45. The molecule has 0 spiro atoms. The van der Waals surface area contributed by atoms with Crippen molar-refractivity contribution in [2.75, 3.05) is 5.73 Å². The number of nitrogen functional groups attached to an aromatic ring is 1. The highest BCUT2D eigenvalue weighted by Crippen LogP contribution is 2.32. The van der Waals surface area contributed by atoms with Gasteiger partial charge in [0, 0.05) is 11.8 Å². The molecule has 0 aliphatic rings. The number of aromatic nitrogens is 1. The van der Waals surface area contributed by atoms with E-state index in [1.54, 1.807) is 0 Å². The highest BCUT2D eigenvalue weighted by Gasteiger charge is 2.15. The van der Waals surface area contributed by atoms with Gasteiger partial charge in [0.1, 0.15) is 11.3 Å². The van der Waals surface area contributed by atoms with Crippen LogP contribution in [-0.2, 0) is 0 Å². The Bertz CT molecular complexity index is 787. The molecule has 2 N–H and O–H groups in total. The molecule has 0 unspecified atom stereocenters. The molecule has 0 saturated heterocycles. The van der Waals surface area contributed by atoms with Crippen LogP contribution in [0.1, 0.15) is 11.1 Å². The number of hydrogen-bond donors (Lipinski definition) is 1. The second kappa shape index (κ2) is 4.49. The van der Waals surface area contributed by atoms with Crippen molar-refractivity contribution in [1.29, 1.82) is 0 Å². The van der Waals surface area contributed by atoms with Crippen LogP contribution in [-0.4, -0.2) is 4.98 Å².